The van der Waals surface area contributed by atoms with Gasteiger partial charge in [0.05, 0.1) is 0 Å². The fraction of sp³-hybridized carbons (Fsp3) is 0.613. The fourth-order valence-corrected chi connectivity index (χ4v) is 4.64. The molecular weight excluding hydrogens is 400 g/mol. The van der Waals surface area contributed by atoms with E-state index < -0.39 is 0 Å². The van der Waals surface area contributed by atoms with Crippen LogP contribution >= 0.6 is 0 Å². The van der Waals surface area contributed by atoms with E-state index in [1.807, 2.05) is 0 Å². The highest BCUT2D eigenvalue weighted by atomic mass is 15.2. The summed E-state index contributed by atoms with van der Waals surface area (Å²) in [6.45, 7) is 16.1. The van der Waals surface area contributed by atoms with Crippen LogP contribution in [0.2, 0.25) is 0 Å². The van der Waals surface area contributed by atoms with Crippen LogP contribution in [-0.2, 0) is 0 Å². The van der Waals surface area contributed by atoms with Gasteiger partial charge < -0.3 is 9.80 Å². The SMILES string of the molecule is CCCCCCCCCC(C)N(CC(C)C)c1ccc(N(CC(C)C)c2ccccc2)cc1. The predicted molar refractivity (Wildman–Crippen MR) is 149 cm³/mol. The Hall–Kier alpha value is -1.96. The molecule has 0 aromatic heterocycles. The number of nitrogens with zero attached hydrogens (tertiary/aromatic N) is 2. The monoisotopic (exact) mass is 450 g/mol. The minimum Gasteiger partial charge on any atom is -0.369 e. The van der Waals surface area contributed by atoms with Gasteiger partial charge in [0.25, 0.3) is 0 Å². The zero-order valence-corrected chi connectivity index (χ0v) is 22.4. The van der Waals surface area contributed by atoms with E-state index >= 15 is 0 Å². The first-order valence-electron chi connectivity index (χ1n) is 13.6. The molecule has 0 aliphatic heterocycles. The van der Waals surface area contributed by atoms with E-state index in [4.69, 9.17) is 0 Å². The summed E-state index contributed by atoms with van der Waals surface area (Å²) in [5.74, 6) is 1.26. The molecule has 2 nitrogen and oxygen atoms in total. The Morgan fingerprint density at radius 3 is 1.67 bits per heavy atom. The van der Waals surface area contributed by atoms with Crippen LogP contribution in [0, 0.1) is 11.8 Å². The summed E-state index contributed by atoms with van der Waals surface area (Å²) < 4.78 is 0. The summed E-state index contributed by atoms with van der Waals surface area (Å²) in [4.78, 5) is 5.09. The molecule has 2 rings (SSSR count). The number of benzene rings is 2. The molecule has 0 radical (unpaired) electrons. The molecule has 1 unspecified atom stereocenters. The van der Waals surface area contributed by atoms with E-state index in [0.717, 1.165) is 13.1 Å². The van der Waals surface area contributed by atoms with Crippen molar-refractivity contribution in [3.63, 3.8) is 0 Å². The van der Waals surface area contributed by atoms with E-state index in [0.29, 0.717) is 17.9 Å². The molecule has 0 spiro atoms. The minimum atomic E-state index is 0.579. The Labute approximate surface area is 205 Å². The van der Waals surface area contributed by atoms with Gasteiger partial charge in [-0.25, -0.2) is 0 Å². The molecule has 0 saturated carbocycles. The largest absolute Gasteiger partial charge is 0.369 e. The highest BCUT2D eigenvalue weighted by Gasteiger charge is 2.17. The molecular formula is C31H50N2. The van der Waals surface area contributed by atoms with Crippen molar-refractivity contribution < 1.29 is 0 Å². The van der Waals surface area contributed by atoms with Gasteiger partial charge in [0.2, 0.25) is 0 Å². The standard InChI is InChI=1S/C31H50N2/c1-7-8-9-10-11-12-14-17-28(6)32(24-26(2)3)30-20-22-31(23-21-30)33(25-27(4)5)29-18-15-13-16-19-29/h13,15-16,18-23,26-28H,7-12,14,17,24-25H2,1-6H3. The fourth-order valence-electron chi connectivity index (χ4n) is 4.64. The number of hydrogen-bond donors (Lipinski definition) is 0. The third-order valence-electron chi connectivity index (χ3n) is 6.43. The molecule has 0 heterocycles. The number of hydrogen-bond acceptors (Lipinski definition) is 2. The number of para-hydroxylation sites is 1. The van der Waals surface area contributed by atoms with Crippen LogP contribution < -0.4 is 9.80 Å². The highest BCUT2D eigenvalue weighted by molar-refractivity contribution is 5.66. The molecule has 2 aromatic rings. The Balaban J connectivity index is 2.06. The van der Waals surface area contributed by atoms with Gasteiger partial charge in [-0.05, 0) is 61.6 Å². The van der Waals surface area contributed by atoms with E-state index in [9.17, 15) is 0 Å². The lowest BCUT2D eigenvalue weighted by Gasteiger charge is -2.34. The van der Waals surface area contributed by atoms with E-state index in [-0.39, 0.29) is 0 Å². The molecule has 184 valence electrons. The molecule has 33 heavy (non-hydrogen) atoms. The van der Waals surface area contributed by atoms with Crippen LogP contribution in [0.25, 0.3) is 0 Å². The van der Waals surface area contributed by atoms with Crippen molar-refractivity contribution in [3.05, 3.63) is 54.6 Å². The zero-order valence-electron chi connectivity index (χ0n) is 22.4. The molecule has 0 fully saturated rings. The smallest absolute Gasteiger partial charge is 0.0412 e. The van der Waals surface area contributed by atoms with Crippen molar-refractivity contribution in [2.24, 2.45) is 11.8 Å². The Morgan fingerprint density at radius 2 is 1.09 bits per heavy atom. The molecule has 0 bridgehead atoms. The normalized spacial score (nSPS) is 12.4. The average Bonchev–Trinajstić information content (AvgIpc) is 2.81. The topological polar surface area (TPSA) is 6.48 Å². The first-order valence-corrected chi connectivity index (χ1v) is 13.6. The van der Waals surface area contributed by atoms with Crippen LogP contribution in [0.4, 0.5) is 17.1 Å². The van der Waals surface area contributed by atoms with Gasteiger partial charge in [-0.2, -0.15) is 0 Å². The van der Waals surface area contributed by atoms with Crippen molar-refractivity contribution >= 4 is 17.1 Å². The number of unbranched alkanes of at least 4 members (excludes halogenated alkanes) is 6. The summed E-state index contributed by atoms with van der Waals surface area (Å²) in [5, 5.41) is 0. The van der Waals surface area contributed by atoms with Crippen LogP contribution in [0.5, 0.6) is 0 Å². The quantitative estimate of drug-likeness (QED) is 0.235. The summed E-state index contributed by atoms with van der Waals surface area (Å²) in [6, 6.07) is 20.7. The Morgan fingerprint density at radius 1 is 0.576 bits per heavy atom. The second-order valence-corrected chi connectivity index (χ2v) is 10.7. The van der Waals surface area contributed by atoms with Crippen LogP contribution in [0.3, 0.4) is 0 Å². The second kappa shape index (κ2) is 15.0. The molecule has 0 aliphatic rings. The van der Waals surface area contributed by atoms with Crippen molar-refractivity contribution in [2.75, 3.05) is 22.9 Å². The van der Waals surface area contributed by atoms with Gasteiger partial charge in [0.15, 0.2) is 0 Å². The zero-order chi connectivity index (χ0) is 24.1. The minimum absolute atomic E-state index is 0.579. The first kappa shape index (κ1) is 27.3. The van der Waals surface area contributed by atoms with Crippen molar-refractivity contribution in [2.45, 2.75) is 99.0 Å². The van der Waals surface area contributed by atoms with Crippen LogP contribution in [-0.4, -0.2) is 19.1 Å². The maximum atomic E-state index is 2.64. The lowest BCUT2D eigenvalue weighted by molar-refractivity contribution is 0.496. The molecule has 0 N–H and O–H groups in total. The van der Waals surface area contributed by atoms with Crippen LogP contribution in [0.15, 0.2) is 54.6 Å². The van der Waals surface area contributed by atoms with Gasteiger partial charge in [0, 0.05) is 36.2 Å². The van der Waals surface area contributed by atoms with Crippen LogP contribution in [0.1, 0.15) is 92.9 Å². The Kier molecular flexibility index (Phi) is 12.4. The second-order valence-electron chi connectivity index (χ2n) is 10.7. The lowest BCUT2D eigenvalue weighted by atomic mass is 10.0. The summed E-state index contributed by atoms with van der Waals surface area (Å²) in [7, 11) is 0. The molecule has 1 atom stereocenters. The van der Waals surface area contributed by atoms with Gasteiger partial charge >= 0.3 is 0 Å². The van der Waals surface area contributed by atoms with E-state index in [1.54, 1.807) is 0 Å². The maximum absolute atomic E-state index is 2.64. The number of rotatable bonds is 16. The third kappa shape index (κ3) is 9.82. The van der Waals surface area contributed by atoms with Crippen molar-refractivity contribution in [1.29, 1.82) is 0 Å². The average molecular weight is 451 g/mol. The molecule has 2 aromatic carbocycles. The van der Waals surface area contributed by atoms with Gasteiger partial charge in [-0.3, -0.25) is 0 Å². The van der Waals surface area contributed by atoms with Crippen molar-refractivity contribution in [3.8, 4) is 0 Å². The van der Waals surface area contributed by atoms with Gasteiger partial charge in [-0.1, -0.05) is 97.8 Å². The van der Waals surface area contributed by atoms with Gasteiger partial charge in [-0.15, -0.1) is 0 Å². The van der Waals surface area contributed by atoms with E-state index in [1.165, 1.54) is 68.4 Å². The highest BCUT2D eigenvalue weighted by Crippen LogP contribution is 2.30. The summed E-state index contributed by atoms with van der Waals surface area (Å²) in [6.07, 6.45) is 11.0. The third-order valence-corrected chi connectivity index (χ3v) is 6.43. The molecule has 0 saturated heterocycles. The Bertz CT molecular complexity index is 735. The molecule has 0 amide bonds. The summed E-state index contributed by atoms with van der Waals surface area (Å²) in [5.41, 5.74) is 3.91. The molecule has 0 aliphatic carbocycles. The first-order chi connectivity index (χ1) is 15.9. The van der Waals surface area contributed by atoms with Gasteiger partial charge in [0.1, 0.15) is 0 Å². The van der Waals surface area contributed by atoms with E-state index in [2.05, 4.69) is 106 Å². The number of anilines is 3. The molecule has 2 heteroatoms. The maximum Gasteiger partial charge on any atom is 0.0412 e. The summed E-state index contributed by atoms with van der Waals surface area (Å²) >= 11 is 0. The lowest BCUT2D eigenvalue weighted by Crippen LogP contribution is -2.36. The predicted octanol–water partition coefficient (Wildman–Crippen LogP) is 9.47. The van der Waals surface area contributed by atoms with Crippen molar-refractivity contribution in [1.82, 2.24) is 0 Å².